The molecule has 0 radical (unpaired) electrons. The second-order valence-corrected chi connectivity index (χ2v) is 6.81. The third kappa shape index (κ3) is 3.08. The van der Waals surface area contributed by atoms with E-state index in [9.17, 15) is 0 Å². The maximum absolute atomic E-state index is 6.08. The molecule has 106 valence electrons. The predicted molar refractivity (Wildman–Crippen MR) is 88.2 cm³/mol. The van der Waals surface area contributed by atoms with E-state index in [1.165, 1.54) is 0 Å². The Bertz CT molecular complexity index is 731. The molecule has 0 bridgehead atoms. The highest BCUT2D eigenvalue weighted by atomic mass is 35.6. The van der Waals surface area contributed by atoms with Gasteiger partial charge in [-0.05, 0) is 18.2 Å². The monoisotopic (exact) mass is 336 g/mol. The summed E-state index contributed by atoms with van der Waals surface area (Å²) >= 11 is 18.3. The first-order valence-corrected chi connectivity index (χ1v) is 7.47. The van der Waals surface area contributed by atoms with Gasteiger partial charge in [-0.3, -0.25) is 0 Å². The van der Waals surface area contributed by atoms with Crippen molar-refractivity contribution >= 4 is 34.8 Å². The molecule has 0 aliphatic rings. The number of nitrogens with zero attached hydrogens (tertiary/aromatic N) is 2. The maximum Gasteiger partial charge on any atom is 0.232 e. The molecule has 0 atom stereocenters. The molecular formula is C16H11Cl3N2. The number of hydrogen-bond acceptors (Lipinski definition) is 1. The van der Waals surface area contributed by atoms with Crippen LogP contribution in [0.4, 0.5) is 0 Å². The largest absolute Gasteiger partial charge is 0.233 e. The molecule has 0 saturated heterocycles. The van der Waals surface area contributed by atoms with Gasteiger partial charge in [0.05, 0.1) is 17.1 Å². The summed E-state index contributed by atoms with van der Waals surface area (Å²) < 4.78 is 0.116. The SMILES string of the molecule is ClC(Cl)(Cl)c1cc(-c2ccccc2)nn1-c1ccccc1. The quantitative estimate of drug-likeness (QED) is 0.575. The summed E-state index contributed by atoms with van der Waals surface area (Å²) in [5.41, 5.74) is 3.10. The Morgan fingerprint density at radius 3 is 1.95 bits per heavy atom. The molecule has 0 unspecified atom stereocenters. The summed E-state index contributed by atoms with van der Waals surface area (Å²) in [6.07, 6.45) is 0. The van der Waals surface area contributed by atoms with Crippen LogP contribution in [-0.4, -0.2) is 9.78 Å². The van der Waals surface area contributed by atoms with Crippen molar-refractivity contribution in [3.05, 3.63) is 72.4 Å². The van der Waals surface area contributed by atoms with Gasteiger partial charge in [0.25, 0.3) is 0 Å². The van der Waals surface area contributed by atoms with Gasteiger partial charge >= 0.3 is 0 Å². The van der Waals surface area contributed by atoms with Crippen LogP contribution in [0.5, 0.6) is 0 Å². The van der Waals surface area contributed by atoms with Crippen LogP contribution in [0.25, 0.3) is 16.9 Å². The topological polar surface area (TPSA) is 17.8 Å². The number of alkyl halides is 3. The predicted octanol–water partition coefficient (Wildman–Crippen LogP) is 5.37. The zero-order valence-corrected chi connectivity index (χ0v) is 13.1. The van der Waals surface area contributed by atoms with Crippen LogP contribution in [0.2, 0.25) is 0 Å². The van der Waals surface area contributed by atoms with E-state index >= 15 is 0 Å². The number of hydrogen-bond donors (Lipinski definition) is 0. The van der Waals surface area contributed by atoms with E-state index in [-0.39, 0.29) is 0 Å². The Hall–Kier alpha value is -1.48. The molecule has 0 aliphatic heterocycles. The summed E-state index contributed by atoms with van der Waals surface area (Å²) in [5, 5.41) is 4.58. The van der Waals surface area contributed by atoms with E-state index in [1.54, 1.807) is 10.7 Å². The molecule has 0 spiro atoms. The van der Waals surface area contributed by atoms with Gasteiger partial charge in [0.15, 0.2) is 0 Å². The molecule has 21 heavy (non-hydrogen) atoms. The van der Waals surface area contributed by atoms with Gasteiger partial charge in [-0.25, -0.2) is 4.68 Å². The molecule has 3 rings (SSSR count). The zero-order valence-electron chi connectivity index (χ0n) is 10.9. The highest BCUT2D eigenvalue weighted by Gasteiger charge is 2.29. The van der Waals surface area contributed by atoms with Crippen LogP contribution in [0.1, 0.15) is 5.69 Å². The molecule has 1 heterocycles. The fourth-order valence-electron chi connectivity index (χ4n) is 2.10. The van der Waals surface area contributed by atoms with Crippen molar-refractivity contribution in [1.82, 2.24) is 9.78 Å². The van der Waals surface area contributed by atoms with E-state index in [4.69, 9.17) is 34.8 Å². The van der Waals surface area contributed by atoms with E-state index in [0.717, 1.165) is 16.9 Å². The lowest BCUT2D eigenvalue weighted by molar-refractivity contribution is 0.824. The van der Waals surface area contributed by atoms with Crippen molar-refractivity contribution in [2.75, 3.05) is 0 Å². The minimum Gasteiger partial charge on any atom is -0.233 e. The molecule has 0 N–H and O–H groups in total. The number of para-hydroxylation sites is 1. The highest BCUT2D eigenvalue weighted by Crippen LogP contribution is 2.40. The lowest BCUT2D eigenvalue weighted by atomic mass is 10.1. The summed E-state index contributed by atoms with van der Waals surface area (Å²) in [4.78, 5) is 0. The molecule has 2 nitrogen and oxygen atoms in total. The van der Waals surface area contributed by atoms with Crippen molar-refractivity contribution in [3.63, 3.8) is 0 Å². The Labute approximate surface area is 137 Å². The Balaban J connectivity index is 2.17. The van der Waals surface area contributed by atoms with Crippen molar-refractivity contribution in [2.24, 2.45) is 0 Å². The van der Waals surface area contributed by atoms with E-state index in [2.05, 4.69) is 5.10 Å². The van der Waals surface area contributed by atoms with Crippen molar-refractivity contribution in [3.8, 4) is 16.9 Å². The second kappa shape index (κ2) is 5.72. The number of aromatic nitrogens is 2. The van der Waals surface area contributed by atoms with Crippen LogP contribution in [0, 0.1) is 0 Å². The average molecular weight is 338 g/mol. The molecule has 2 aromatic carbocycles. The van der Waals surface area contributed by atoms with Crippen LogP contribution in [0.15, 0.2) is 66.7 Å². The zero-order chi connectivity index (χ0) is 14.9. The van der Waals surface area contributed by atoms with Gasteiger partial charge in [-0.1, -0.05) is 83.3 Å². The van der Waals surface area contributed by atoms with Gasteiger partial charge in [-0.15, -0.1) is 0 Å². The Kier molecular flexibility index (Phi) is 3.94. The minimum atomic E-state index is -1.55. The lowest BCUT2D eigenvalue weighted by Gasteiger charge is -2.13. The van der Waals surface area contributed by atoms with Crippen molar-refractivity contribution < 1.29 is 0 Å². The Morgan fingerprint density at radius 1 is 0.810 bits per heavy atom. The first kappa shape index (κ1) is 14.5. The van der Waals surface area contributed by atoms with E-state index in [1.807, 2.05) is 60.7 Å². The van der Waals surface area contributed by atoms with Gasteiger partial charge < -0.3 is 0 Å². The van der Waals surface area contributed by atoms with Gasteiger partial charge in [-0.2, -0.15) is 5.10 Å². The van der Waals surface area contributed by atoms with Crippen LogP contribution < -0.4 is 0 Å². The third-order valence-electron chi connectivity index (χ3n) is 3.07. The van der Waals surface area contributed by atoms with E-state index < -0.39 is 3.79 Å². The minimum absolute atomic E-state index is 0.512. The second-order valence-electron chi connectivity index (χ2n) is 4.53. The molecule has 0 fully saturated rings. The molecule has 5 heteroatoms. The molecular weight excluding hydrogens is 327 g/mol. The van der Waals surface area contributed by atoms with Gasteiger partial charge in [0.1, 0.15) is 0 Å². The summed E-state index contributed by atoms with van der Waals surface area (Å²) in [5.74, 6) is 0. The number of benzene rings is 2. The van der Waals surface area contributed by atoms with E-state index in [0.29, 0.717) is 5.69 Å². The average Bonchev–Trinajstić information content (AvgIpc) is 2.94. The van der Waals surface area contributed by atoms with Crippen molar-refractivity contribution in [2.45, 2.75) is 3.79 Å². The fraction of sp³-hybridized carbons (Fsp3) is 0.0625. The first-order chi connectivity index (χ1) is 10.1. The maximum atomic E-state index is 6.08. The lowest BCUT2D eigenvalue weighted by Crippen LogP contribution is -2.10. The Morgan fingerprint density at radius 2 is 1.38 bits per heavy atom. The van der Waals surface area contributed by atoms with Crippen LogP contribution >= 0.6 is 34.8 Å². The molecule has 0 amide bonds. The molecule has 0 aliphatic carbocycles. The number of rotatable bonds is 2. The van der Waals surface area contributed by atoms with Crippen LogP contribution in [0.3, 0.4) is 0 Å². The normalized spacial score (nSPS) is 11.6. The fourth-order valence-corrected chi connectivity index (χ4v) is 2.50. The number of halogens is 3. The highest BCUT2D eigenvalue weighted by molar-refractivity contribution is 6.66. The summed E-state index contributed by atoms with van der Waals surface area (Å²) in [6, 6.07) is 21.2. The van der Waals surface area contributed by atoms with Crippen molar-refractivity contribution in [1.29, 1.82) is 0 Å². The molecule has 3 aromatic rings. The standard InChI is InChI=1S/C16H11Cl3N2/c17-16(18,19)15-11-14(12-7-3-1-4-8-12)20-21(15)13-9-5-2-6-10-13/h1-11H. The van der Waals surface area contributed by atoms with Gasteiger partial charge in [0.2, 0.25) is 3.79 Å². The smallest absolute Gasteiger partial charge is 0.232 e. The molecule has 0 saturated carbocycles. The third-order valence-corrected chi connectivity index (χ3v) is 3.65. The molecule has 1 aromatic heterocycles. The summed E-state index contributed by atoms with van der Waals surface area (Å²) in [7, 11) is 0. The van der Waals surface area contributed by atoms with Gasteiger partial charge in [0, 0.05) is 5.56 Å². The summed E-state index contributed by atoms with van der Waals surface area (Å²) in [6.45, 7) is 0. The first-order valence-electron chi connectivity index (χ1n) is 6.34. The van der Waals surface area contributed by atoms with Crippen LogP contribution in [-0.2, 0) is 3.79 Å².